The van der Waals surface area contributed by atoms with E-state index in [0.29, 0.717) is 0 Å². The van der Waals surface area contributed by atoms with Gasteiger partial charge in [0.15, 0.2) is 0 Å². The van der Waals surface area contributed by atoms with Crippen LogP contribution in [0.3, 0.4) is 0 Å². The first kappa shape index (κ1) is 13.9. The third-order valence-electron chi connectivity index (χ3n) is 4.36. The van der Waals surface area contributed by atoms with E-state index in [9.17, 15) is 5.11 Å². The first-order valence-corrected chi connectivity index (χ1v) is 6.36. The van der Waals surface area contributed by atoms with Crippen LogP contribution in [0.4, 0.5) is 0 Å². The Kier molecular flexibility index (Phi) is 4.77. The molecule has 0 unspecified atom stereocenters. The van der Waals surface area contributed by atoms with E-state index < -0.39 is 0 Å². The van der Waals surface area contributed by atoms with Gasteiger partial charge in [-0.15, -0.1) is 0 Å². The zero-order valence-corrected chi connectivity index (χ0v) is 11.3. The van der Waals surface area contributed by atoms with E-state index in [1.54, 1.807) is 0 Å². The maximum absolute atomic E-state index is 9.65. The van der Waals surface area contributed by atoms with E-state index in [4.69, 9.17) is 4.74 Å². The Labute approximate surface area is 99.8 Å². The van der Waals surface area contributed by atoms with Crippen LogP contribution in [0.15, 0.2) is 0 Å². The second-order valence-corrected chi connectivity index (χ2v) is 5.79. The van der Waals surface area contributed by atoms with Gasteiger partial charge in [0.2, 0.25) is 0 Å². The fraction of sp³-hybridized carbons (Fsp3) is 1.00. The highest BCUT2D eigenvalue weighted by Gasteiger charge is 2.36. The average molecular weight is 229 g/mol. The Hall–Kier alpha value is -0.120. The lowest BCUT2D eigenvalue weighted by molar-refractivity contribution is -0.0446. The predicted molar refractivity (Wildman–Crippen MR) is 66.6 cm³/mol. The lowest BCUT2D eigenvalue weighted by Gasteiger charge is -2.44. The van der Waals surface area contributed by atoms with Gasteiger partial charge in [0.1, 0.15) is 0 Å². The monoisotopic (exact) mass is 229 g/mol. The summed E-state index contributed by atoms with van der Waals surface area (Å²) in [5.41, 5.74) is 0.264. The fourth-order valence-corrected chi connectivity index (χ4v) is 2.16. The maximum atomic E-state index is 9.65. The van der Waals surface area contributed by atoms with Crippen molar-refractivity contribution in [1.29, 1.82) is 0 Å². The minimum absolute atomic E-state index is 0.0550. The molecule has 0 saturated carbocycles. The minimum Gasteiger partial charge on any atom is -0.396 e. The van der Waals surface area contributed by atoms with Crippen molar-refractivity contribution in [1.82, 2.24) is 4.90 Å². The molecule has 3 heteroatoms. The molecule has 0 aromatic carbocycles. The summed E-state index contributed by atoms with van der Waals surface area (Å²) >= 11 is 0. The van der Waals surface area contributed by atoms with Crippen LogP contribution < -0.4 is 0 Å². The molecule has 96 valence electrons. The third-order valence-corrected chi connectivity index (χ3v) is 4.36. The zero-order chi connectivity index (χ0) is 12.2. The molecule has 1 saturated heterocycles. The van der Waals surface area contributed by atoms with E-state index in [0.717, 1.165) is 39.0 Å². The lowest BCUT2D eigenvalue weighted by atomic mass is 9.79. The molecule has 0 aromatic heterocycles. The largest absolute Gasteiger partial charge is 0.396 e. The van der Waals surface area contributed by atoms with Crippen molar-refractivity contribution in [2.24, 2.45) is 5.41 Å². The summed E-state index contributed by atoms with van der Waals surface area (Å²) in [7, 11) is 2.16. The van der Waals surface area contributed by atoms with Crippen LogP contribution in [-0.4, -0.2) is 49.0 Å². The molecule has 16 heavy (non-hydrogen) atoms. The van der Waals surface area contributed by atoms with Gasteiger partial charge in [-0.05, 0) is 40.2 Å². The Bertz CT molecular complexity index is 210. The Morgan fingerprint density at radius 3 is 2.31 bits per heavy atom. The van der Waals surface area contributed by atoms with Crippen LogP contribution in [0.1, 0.15) is 40.0 Å². The van der Waals surface area contributed by atoms with Crippen molar-refractivity contribution >= 4 is 0 Å². The molecule has 1 N–H and O–H groups in total. The smallest absolute Gasteiger partial charge is 0.0501 e. The van der Waals surface area contributed by atoms with Crippen LogP contribution >= 0.6 is 0 Å². The highest BCUT2D eigenvalue weighted by molar-refractivity contribution is 4.88. The number of hydrogen-bond acceptors (Lipinski definition) is 3. The molecule has 1 fully saturated rings. The minimum atomic E-state index is 0.0550. The first-order valence-electron chi connectivity index (χ1n) is 6.36. The highest BCUT2D eigenvalue weighted by Crippen LogP contribution is 2.33. The van der Waals surface area contributed by atoms with Crippen molar-refractivity contribution in [3.63, 3.8) is 0 Å². The SMILES string of the molecule is CCC(C)(C)N(C)CC1(CO)CCOCC1. The van der Waals surface area contributed by atoms with Crippen LogP contribution in [-0.2, 0) is 4.74 Å². The second-order valence-electron chi connectivity index (χ2n) is 5.79. The third kappa shape index (κ3) is 3.19. The molecule has 1 aliphatic heterocycles. The number of ether oxygens (including phenoxy) is 1. The molecule has 0 amide bonds. The molecular weight excluding hydrogens is 202 g/mol. The molecule has 0 atom stereocenters. The number of hydrogen-bond donors (Lipinski definition) is 1. The molecule has 3 nitrogen and oxygen atoms in total. The van der Waals surface area contributed by atoms with Crippen LogP contribution in [0, 0.1) is 5.41 Å². The average Bonchev–Trinajstić information content (AvgIpc) is 2.30. The van der Waals surface area contributed by atoms with Gasteiger partial charge in [-0.2, -0.15) is 0 Å². The molecule has 0 aromatic rings. The van der Waals surface area contributed by atoms with Crippen molar-refractivity contribution < 1.29 is 9.84 Å². The normalized spacial score (nSPS) is 21.4. The molecule has 0 spiro atoms. The number of aliphatic hydroxyl groups excluding tert-OH is 1. The zero-order valence-electron chi connectivity index (χ0n) is 11.3. The summed E-state index contributed by atoms with van der Waals surface area (Å²) in [6.45, 7) is 9.57. The summed E-state index contributed by atoms with van der Waals surface area (Å²) in [6.07, 6.45) is 3.09. The first-order chi connectivity index (χ1) is 7.46. The Balaban J connectivity index is 2.62. The molecule has 0 aliphatic carbocycles. The van der Waals surface area contributed by atoms with Crippen LogP contribution in [0.2, 0.25) is 0 Å². The molecule has 0 radical (unpaired) electrons. The Morgan fingerprint density at radius 2 is 1.88 bits per heavy atom. The van der Waals surface area contributed by atoms with Crippen molar-refractivity contribution in [3.05, 3.63) is 0 Å². The topological polar surface area (TPSA) is 32.7 Å². The van der Waals surface area contributed by atoms with E-state index in [1.807, 2.05) is 0 Å². The van der Waals surface area contributed by atoms with Crippen molar-refractivity contribution in [3.8, 4) is 0 Å². The number of nitrogens with zero attached hydrogens (tertiary/aromatic N) is 1. The number of aliphatic hydroxyl groups is 1. The van der Waals surface area contributed by atoms with Gasteiger partial charge in [-0.3, -0.25) is 0 Å². The van der Waals surface area contributed by atoms with Gasteiger partial charge in [0, 0.05) is 30.7 Å². The summed E-state index contributed by atoms with van der Waals surface area (Å²) in [5, 5.41) is 9.65. The van der Waals surface area contributed by atoms with Gasteiger partial charge in [-0.25, -0.2) is 0 Å². The van der Waals surface area contributed by atoms with E-state index in [-0.39, 0.29) is 17.6 Å². The highest BCUT2D eigenvalue weighted by atomic mass is 16.5. The number of rotatable bonds is 5. The van der Waals surface area contributed by atoms with Crippen molar-refractivity contribution in [2.45, 2.75) is 45.6 Å². The summed E-state index contributed by atoms with van der Waals surface area (Å²) in [5.74, 6) is 0. The van der Waals surface area contributed by atoms with Gasteiger partial charge in [0.05, 0.1) is 6.61 Å². The van der Waals surface area contributed by atoms with E-state index >= 15 is 0 Å². The van der Waals surface area contributed by atoms with E-state index in [1.165, 1.54) is 0 Å². The summed E-state index contributed by atoms with van der Waals surface area (Å²) < 4.78 is 5.39. The standard InChI is InChI=1S/C13H27NO2/c1-5-12(2,3)14(4)10-13(11-15)6-8-16-9-7-13/h15H,5-11H2,1-4H3. The quantitative estimate of drug-likeness (QED) is 0.781. The summed E-state index contributed by atoms with van der Waals surface area (Å²) in [6, 6.07) is 0. The van der Waals surface area contributed by atoms with Gasteiger partial charge in [-0.1, -0.05) is 6.92 Å². The molecule has 1 heterocycles. The fourth-order valence-electron chi connectivity index (χ4n) is 2.16. The Morgan fingerprint density at radius 1 is 1.31 bits per heavy atom. The summed E-state index contributed by atoms with van der Waals surface area (Å²) in [4.78, 5) is 2.38. The van der Waals surface area contributed by atoms with Crippen LogP contribution in [0.25, 0.3) is 0 Å². The molecular formula is C13H27NO2. The predicted octanol–water partition coefficient (Wildman–Crippen LogP) is 1.90. The van der Waals surface area contributed by atoms with Gasteiger partial charge >= 0.3 is 0 Å². The maximum Gasteiger partial charge on any atom is 0.0501 e. The van der Waals surface area contributed by atoms with Gasteiger partial charge in [0.25, 0.3) is 0 Å². The van der Waals surface area contributed by atoms with Crippen molar-refractivity contribution in [2.75, 3.05) is 33.4 Å². The van der Waals surface area contributed by atoms with Crippen LogP contribution in [0.5, 0.6) is 0 Å². The lowest BCUT2D eigenvalue weighted by Crippen LogP contribution is -2.49. The second kappa shape index (κ2) is 5.48. The van der Waals surface area contributed by atoms with Gasteiger partial charge < -0.3 is 14.7 Å². The van der Waals surface area contributed by atoms with E-state index in [2.05, 4.69) is 32.7 Å². The molecule has 1 rings (SSSR count). The molecule has 1 aliphatic rings. The molecule has 0 bridgehead atoms.